The van der Waals surface area contributed by atoms with Crippen molar-refractivity contribution in [3.8, 4) is 0 Å². The highest BCUT2D eigenvalue weighted by Crippen LogP contribution is 2.35. The van der Waals surface area contributed by atoms with Crippen LogP contribution in [0.3, 0.4) is 0 Å². The third kappa shape index (κ3) is 3.05. The summed E-state index contributed by atoms with van der Waals surface area (Å²) in [7, 11) is 0. The van der Waals surface area contributed by atoms with Crippen LogP contribution in [0, 0.1) is 0 Å². The molecule has 2 N–H and O–H groups in total. The van der Waals surface area contributed by atoms with E-state index in [2.05, 4.69) is 49.8 Å². The van der Waals surface area contributed by atoms with Gasteiger partial charge in [0, 0.05) is 28.3 Å². The highest BCUT2D eigenvalue weighted by atomic mass is 79.9. The molecule has 0 spiro atoms. The minimum Gasteiger partial charge on any atom is -0.389 e. The number of thiocarbonyl (C=S) groups is 1. The van der Waals surface area contributed by atoms with Crippen LogP contribution >= 0.6 is 39.5 Å². The van der Waals surface area contributed by atoms with Crippen molar-refractivity contribution in [3.63, 3.8) is 0 Å². The molecule has 1 aromatic heterocycles. The fourth-order valence-electron chi connectivity index (χ4n) is 2.28. The lowest BCUT2D eigenvalue weighted by molar-refractivity contribution is 0.796. The lowest BCUT2D eigenvalue weighted by Gasteiger charge is -2.25. The van der Waals surface area contributed by atoms with E-state index in [1.165, 1.54) is 24.1 Å². The standard InChI is InChI=1S/C15H15BrN2S2/c16-14-7-12(3-4-13(14)15(17)19)18(11-1-2-11)8-10-5-6-20-9-10/h3-7,9,11H,1-2,8H2,(H2,17,19). The molecular weight excluding hydrogens is 352 g/mol. The molecule has 1 aromatic carbocycles. The van der Waals surface area contributed by atoms with Gasteiger partial charge in [0.25, 0.3) is 0 Å². The van der Waals surface area contributed by atoms with Gasteiger partial charge in [-0.1, -0.05) is 12.2 Å². The minimum atomic E-state index is 0.430. The number of nitrogens with zero attached hydrogens (tertiary/aromatic N) is 1. The van der Waals surface area contributed by atoms with E-state index in [4.69, 9.17) is 18.0 Å². The van der Waals surface area contributed by atoms with Crippen molar-refractivity contribution in [2.24, 2.45) is 5.73 Å². The largest absolute Gasteiger partial charge is 0.389 e. The van der Waals surface area contributed by atoms with Crippen LogP contribution in [0.4, 0.5) is 5.69 Å². The molecule has 0 amide bonds. The van der Waals surface area contributed by atoms with Gasteiger partial charge in [-0.2, -0.15) is 11.3 Å². The van der Waals surface area contributed by atoms with Gasteiger partial charge in [0.05, 0.1) is 0 Å². The van der Waals surface area contributed by atoms with Crippen LogP contribution in [0.2, 0.25) is 0 Å². The van der Waals surface area contributed by atoms with Gasteiger partial charge in [-0.05, 0) is 69.4 Å². The molecule has 1 aliphatic carbocycles. The molecular formula is C15H15BrN2S2. The van der Waals surface area contributed by atoms with Crippen LogP contribution in [0.5, 0.6) is 0 Å². The van der Waals surface area contributed by atoms with Crippen LogP contribution in [0.25, 0.3) is 0 Å². The van der Waals surface area contributed by atoms with Gasteiger partial charge >= 0.3 is 0 Å². The average Bonchev–Trinajstić information content (AvgIpc) is 3.12. The predicted molar refractivity (Wildman–Crippen MR) is 93.6 cm³/mol. The fraction of sp³-hybridized carbons (Fsp3) is 0.267. The molecule has 0 atom stereocenters. The molecule has 20 heavy (non-hydrogen) atoms. The SMILES string of the molecule is NC(=S)c1ccc(N(Cc2ccsc2)C2CC2)cc1Br. The second kappa shape index (κ2) is 5.84. The highest BCUT2D eigenvalue weighted by Gasteiger charge is 2.29. The first-order valence-electron chi connectivity index (χ1n) is 6.52. The molecule has 104 valence electrons. The lowest BCUT2D eigenvalue weighted by Crippen LogP contribution is -2.25. The summed E-state index contributed by atoms with van der Waals surface area (Å²) in [6.07, 6.45) is 2.55. The number of hydrogen-bond acceptors (Lipinski definition) is 3. The van der Waals surface area contributed by atoms with E-state index in [-0.39, 0.29) is 0 Å². The highest BCUT2D eigenvalue weighted by molar-refractivity contribution is 9.10. The molecule has 0 saturated heterocycles. The molecule has 5 heteroatoms. The smallest absolute Gasteiger partial charge is 0.105 e. The van der Waals surface area contributed by atoms with Crippen LogP contribution in [-0.2, 0) is 6.54 Å². The second-order valence-corrected chi connectivity index (χ2v) is 7.09. The van der Waals surface area contributed by atoms with Crippen molar-refractivity contribution in [3.05, 3.63) is 50.6 Å². The molecule has 2 nitrogen and oxygen atoms in total. The number of rotatable bonds is 5. The summed E-state index contributed by atoms with van der Waals surface area (Å²) in [5.41, 5.74) is 9.21. The number of hydrogen-bond donors (Lipinski definition) is 1. The van der Waals surface area contributed by atoms with Crippen molar-refractivity contribution in [1.82, 2.24) is 0 Å². The Morgan fingerprint density at radius 2 is 2.20 bits per heavy atom. The van der Waals surface area contributed by atoms with Crippen molar-refractivity contribution >= 4 is 50.2 Å². The van der Waals surface area contributed by atoms with Crippen molar-refractivity contribution in [1.29, 1.82) is 0 Å². The van der Waals surface area contributed by atoms with Crippen LogP contribution < -0.4 is 10.6 Å². The predicted octanol–water partition coefficient (Wildman–Crippen LogP) is 4.31. The number of halogens is 1. The summed E-state index contributed by atoms with van der Waals surface area (Å²) < 4.78 is 0.971. The van der Waals surface area contributed by atoms with E-state index in [0.29, 0.717) is 11.0 Å². The van der Waals surface area contributed by atoms with Crippen LogP contribution in [0.15, 0.2) is 39.5 Å². The summed E-state index contributed by atoms with van der Waals surface area (Å²) in [4.78, 5) is 2.90. The zero-order valence-electron chi connectivity index (χ0n) is 10.9. The number of anilines is 1. The third-order valence-electron chi connectivity index (χ3n) is 3.47. The van der Waals surface area contributed by atoms with E-state index in [1.54, 1.807) is 11.3 Å². The Morgan fingerprint density at radius 1 is 1.40 bits per heavy atom. The summed E-state index contributed by atoms with van der Waals surface area (Å²) in [5, 5.41) is 4.35. The zero-order valence-corrected chi connectivity index (χ0v) is 14.1. The van der Waals surface area contributed by atoms with Crippen LogP contribution in [0.1, 0.15) is 24.0 Å². The van der Waals surface area contributed by atoms with Gasteiger partial charge in [-0.15, -0.1) is 0 Å². The molecule has 0 radical (unpaired) electrons. The van der Waals surface area contributed by atoms with Crippen molar-refractivity contribution < 1.29 is 0 Å². The fourth-order valence-corrected chi connectivity index (χ4v) is 3.83. The van der Waals surface area contributed by atoms with Gasteiger partial charge in [-0.3, -0.25) is 0 Å². The van der Waals surface area contributed by atoms with Gasteiger partial charge in [0.1, 0.15) is 4.99 Å². The maximum absolute atomic E-state index is 5.71. The molecule has 0 bridgehead atoms. The molecule has 1 saturated carbocycles. The number of benzene rings is 1. The molecule has 2 aromatic rings. The zero-order chi connectivity index (χ0) is 14.1. The minimum absolute atomic E-state index is 0.430. The normalized spacial score (nSPS) is 14.2. The average molecular weight is 367 g/mol. The van der Waals surface area contributed by atoms with Crippen molar-refractivity contribution in [2.75, 3.05) is 4.90 Å². The topological polar surface area (TPSA) is 29.3 Å². The van der Waals surface area contributed by atoms with E-state index < -0.39 is 0 Å². The summed E-state index contributed by atoms with van der Waals surface area (Å²) in [6, 6.07) is 9.10. The lowest BCUT2D eigenvalue weighted by atomic mass is 10.2. The quantitative estimate of drug-likeness (QED) is 0.799. The Morgan fingerprint density at radius 3 is 2.75 bits per heavy atom. The first-order valence-corrected chi connectivity index (χ1v) is 8.66. The maximum Gasteiger partial charge on any atom is 0.105 e. The molecule has 1 fully saturated rings. The van der Waals surface area contributed by atoms with E-state index >= 15 is 0 Å². The monoisotopic (exact) mass is 366 g/mol. The molecule has 0 unspecified atom stereocenters. The Balaban J connectivity index is 1.88. The van der Waals surface area contributed by atoms with Gasteiger partial charge in [-0.25, -0.2) is 0 Å². The Hall–Kier alpha value is -0.910. The number of nitrogens with two attached hydrogens (primary N) is 1. The second-order valence-electron chi connectivity index (χ2n) is 5.02. The van der Waals surface area contributed by atoms with Crippen molar-refractivity contribution in [2.45, 2.75) is 25.4 Å². The third-order valence-corrected chi connectivity index (χ3v) is 5.08. The van der Waals surface area contributed by atoms with Gasteiger partial charge < -0.3 is 10.6 Å². The van der Waals surface area contributed by atoms with E-state index in [9.17, 15) is 0 Å². The summed E-state index contributed by atoms with van der Waals surface area (Å²) in [6.45, 7) is 0.965. The molecule has 0 aliphatic heterocycles. The van der Waals surface area contributed by atoms with E-state index in [0.717, 1.165) is 16.6 Å². The Bertz CT molecular complexity index is 621. The van der Waals surface area contributed by atoms with Gasteiger partial charge in [0.15, 0.2) is 0 Å². The Labute approximate surface area is 136 Å². The Kier molecular flexibility index (Phi) is 4.10. The molecule has 3 rings (SSSR count). The first kappa shape index (κ1) is 14.0. The molecule has 1 heterocycles. The summed E-state index contributed by atoms with van der Waals surface area (Å²) in [5.74, 6) is 0. The van der Waals surface area contributed by atoms with E-state index in [1.807, 2.05) is 6.07 Å². The van der Waals surface area contributed by atoms with Gasteiger partial charge in [0.2, 0.25) is 0 Å². The maximum atomic E-state index is 5.71. The molecule has 1 aliphatic rings. The van der Waals surface area contributed by atoms with Crippen LogP contribution in [-0.4, -0.2) is 11.0 Å². The summed E-state index contributed by atoms with van der Waals surface area (Å²) >= 11 is 10.4. The first-order chi connectivity index (χ1) is 9.65. The number of thiophene rings is 1.